The third-order valence-electron chi connectivity index (χ3n) is 2.94. The van der Waals surface area contributed by atoms with Crippen LogP contribution in [0.25, 0.3) is 10.9 Å². The summed E-state index contributed by atoms with van der Waals surface area (Å²) >= 11 is 0. The van der Waals surface area contributed by atoms with Crippen LogP contribution in [-0.2, 0) is 11.2 Å². The molecule has 1 aromatic carbocycles. The van der Waals surface area contributed by atoms with Crippen molar-refractivity contribution in [2.45, 2.75) is 25.9 Å². The van der Waals surface area contributed by atoms with Gasteiger partial charge in [-0.05, 0) is 31.5 Å². The van der Waals surface area contributed by atoms with E-state index in [9.17, 15) is 4.39 Å². The monoisotopic (exact) mass is 247 g/mol. The third kappa shape index (κ3) is 2.62. The summed E-state index contributed by atoms with van der Waals surface area (Å²) in [7, 11) is 0. The molecule has 0 aliphatic rings. The summed E-state index contributed by atoms with van der Waals surface area (Å²) < 4.78 is 19.5. The van der Waals surface area contributed by atoms with E-state index >= 15 is 0 Å². The van der Waals surface area contributed by atoms with Gasteiger partial charge in [0.2, 0.25) is 0 Å². The number of H-pyrrole nitrogens is 1. The van der Waals surface area contributed by atoms with Crippen LogP contribution in [0.4, 0.5) is 4.39 Å². The van der Waals surface area contributed by atoms with Crippen molar-refractivity contribution in [2.75, 3.05) is 6.61 Å². The predicted octanol–water partition coefficient (Wildman–Crippen LogP) is 3.83. The Hall–Kier alpha value is -1.61. The minimum absolute atomic E-state index is 0.191. The van der Waals surface area contributed by atoms with Crippen LogP contribution in [0.3, 0.4) is 0 Å². The van der Waals surface area contributed by atoms with Gasteiger partial charge in [0.1, 0.15) is 5.82 Å². The molecule has 0 saturated carbocycles. The van der Waals surface area contributed by atoms with Crippen LogP contribution in [0.5, 0.6) is 0 Å². The summed E-state index contributed by atoms with van der Waals surface area (Å²) in [6, 6.07) is 5.06. The van der Waals surface area contributed by atoms with Gasteiger partial charge in [-0.2, -0.15) is 0 Å². The van der Waals surface area contributed by atoms with Gasteiger partial charge in [0, 0.05) is 23.5 Å². The zero-order valence-electron chi connectivity index (χ0n) is 10.8. The molecule has 1 heterocycles. The van der Waals surface area contributed by atoms with Gasteiger partial charge in [0.15, 0.2) is 0 Å². The van der Waals surface area contributed by atoms with Gasteiger partial charge in [-0.15, -0.1) is 6.58 Å². The highest BCUT2D eigenvalue weighted by atomic mass is 19.1. The molecule has 0 fully saturated rings. The third-order valence-corrected chi connectivity index (χ3v) is 2.94. The SMILES string of the molecule is C=CCOC(C)(C)Cc1c[nH]c2cccc(F)c12. The Labute approximate surface area is 106 Å². The molecule has 2 rings (SSSR count). The van der Waals surface area contributed by atoms with Gasteiger partial charge < -0.3 is 9.72 Å². The molecule has 0 bridgehead atoms. The molecule has 1 N–H and O–H groups in total. The average molecular weight is 247 g/mol. The van der Waals surface area contributed by atoms with E-state index in [1.807, 2.05) is 26.1 Å². The molecule has 18 heavy (non-hydrogen) atoms. The van der Waals surface area contributed by atoms with Crippen molar-refractivity contribution in [3.63, 3.8) is 0 Å². The lowest BCUT2D eigenvalue weighted by atomic mass is 9.98. The molecule has 0 aliphatic carbocycles. The van der Waals surface area contributed by atoms with Crippen LogP contribution < -0.4 is 0 Å². The molecule has 0 atom stereocenters. The van der Waals surface area contributed by atoms with E-state index in [4.69, 9.17) is 4.74 Å². The van der Waals surface area contributed by atoms with Crippen LogP contribution in [0, 0.1) is 5.82 Å². The molecular formula is C15H18FNO. The normalized spacial score (nSPS) is 11.9. The van der Waals surface area contributed by atoms with E-state index in [0.717, 1.165) is 11.1 Å². The van der Waals surface area contributed by atoms with Crippen molar-refractivity contribution < 1.29 is 9.13 Å². The Morgan fingerprint density at radius 1 is 1.44 bits per heavy atom. The van der Waals surface area contributed by atoms with Gasteiger partial charge in [-0.1, -0.05) is 12.1 Å². The van der Waals surface area contributed by atoms with Gasteiger partial charge in [-0.25, -0.2) is 4.39 Å². The lowest BCUT2D eigenvalue weighted by Gasteiger charge is -2.24. The number of rotatable bonds is 5. The summed E-state index contributed by atoms with van der Waals surface area (Å²) in [5.41, 5.74) is 1.42. The maximum absolute atomic E-state index is 13.8. The van der Waals surface area contributed by atoms with Crippen molar-refractivity contribution in [1.29, 1.82) is 0 Å². The minimum Gasteiger partial charge on any atom is -0.371 e. The molecule has 0 amide bonds. The van der Waals surface area contributed by atoms with Gasteiger partial charge in [-0.3, -0.25) is 0 Å². The van der Waals surface area contributed by atoms with Crippen LogP contribution in [0.15, 0.2) is 37.1 Å². The number of benzene rings is 1. The molecule has 96 valence electrons. The Bertz CT molecular complexity index is 557. The van der Waals surface area contributed by atoms with Crippen LogP contribution in [0.1, 0.15) is 19.4 Å². The van der Waals surface area contributed by atoms with E-state index in [0.29, 0.717) is 18.4 Å². The molecule has 0 spiro atoms. The molecule has 3 heteroatoms. The topological polar surface area (TPSA) is 25.0 Å². The molecule has 0 aliphatic heterocycles. The van der Waals surface area contributed by atoms with Crippen molar-refractivity contribution >= 4 is 10.9 Å². The summed E-state index contributed by atoms with van der Waals surface area (Å²) in [5.74, 6) is -0.191. The van der Waals surface area contributed by atoms with Crippen molar-refractivity contribution in [3.05, 3.63) is 48.4 Å². The van der Waals surface area contributed by atoms with Crippen molar-refractivity contribution in [1.82, 2.24) is 4.98 Å². The lowest BCUT2D eigenvalue weighted by Crippen LogP contribution is -2.27. The zero-order chi connectivity index (χ0) is 13.2. The fraction of sp³-hybridized carbons (Fsp3) is 0.333. The second kappa shape index (κ2) is 4.94. The molecule has 2 nitrogen and oxygen atoms in total. The maximum Gasteiger partial charge on any atom is 0.132 e. The molecule has 1 aromatic heterocycles. The number of fused-ring (bicyclic) bond motifs is 1. The van der Waals surface area contributed by atoms with E-state index in [-0.39, 0.29) is 11.4 Å². The van der Waals surface area contributed by atoms with Gasteiger partial charge in [0.05, 0.1) is 12.2 Å². The Balaban J connectivity index is 2.29. The molecule has 0 radical (unpaired) electrons. The van der Waals surface area contributed by atoms with Crippen LogP contribution in [0.2, 0.25) is 0 Å². The quantitative estimate of drug-likeness (QED) is 0.798. The van der Waals surface area contributed by atoms with Crippen molar-refractivity contribution in [2.24, 2.45) is 0 Å². The largest absolute Gasteiger partial charge is 0.371 e. The molecule has 0 unspecified atom stereocenters. The van der Waals surface area contributed by atoms with Gasteiger partial charge >= 0.3 is 0 Å². The standard InChI is InChI=1S/C15H18FNO/c1-4-8-18-15(2,3)9-11-10-17-13-7-5-6-12(16)14(11)13/h4-7,10,17H,1,8-9H2,2-3H3. The van der Waals surface area contributed by atoms with E-state index in [1.54, 1.807) is 12.1 Å². The summed E-state index contributed by atoms with van der Waals surface area (Å²) in [6.07, 6.45) is 4.23. The maximum atomic E-state index is 13.8. The van der Waals surface area contributed by atoms with Crippen LogP contribution >= 0.6 is 0 Å². The highest BCUT2D eigenvalue weighted by Crippen LogP contribution is 2.26. The number of halogens is 1. The summed E-state index contributed by atoms with van der Waals surface area (Å²) in [6.45, 7) is 8.12. The Morgan fingerprint density at radius 3 is 2.94 bits per heavy atom. The summed E-state index contributed by atoms with van der Waals surface area (Å²) in [4.78, 5) is 3.09. The second-order valence-electron chi connectivity index (χ2n) is 5.01. The average Bonchev–Trinajstić information content (AvgIpc) is 2.71. The smallest absolute Gasteiger partial charge is 0.132 e. The van der Waals surface area contributed by atoms with Crippen molar-refractivity contribution in [3.8, 4) is 0 Å². The van der Waals surface area contributed by atoms with E-state index in [2.05, 4.69) is 11.6 Å². The number of hydrogen-bond acceptors (Lipinski definition) is 1. The lowest BCUT2D eigenvalue weighted by molar-refractivity contribution is 0.0000931. The fourth-order valence-corrected chi connectivity index (χ4v) is 2.14. The highest BCUT2D eigenvalue weighted by Gasteiger charge is 2.21. The fourth-order valence-electron chi connectivity index (χ4n) is 2.14. The summed E-state index contributed by atoms with van der Waals surface area (Å²) in [5, 5.41) is 0.660. The van der Waals surface area contributed by atoms with Gasteiger partial charge in [0.25, 0.3) is 0 Å². The first-order valence-corrected chi connectivity index (χ1v) is 6.03. The Morgan fingerprint density at radius 2 is 2.22 bits per heavy atom. The first-order chi connectivity index (χ1) is 8.53. The number of aromatic amines is 1. The number of hydrogen-bond donors (Lipinski definition) is 1. The molecule has 0 saturated heterocycles. The number of nitrogens with one attached hydrogen (secondary N) is 1. The minimum atomic E-state index is -0.342. The second-order valence-corrected chi connectivity index (χ2v) is 5.01. The first kappa shape index (κ1) is 12.8. The number of ether oxygens (including phenoxy) is 1. The molecule has 2 aromatic rings. The van der Waals surface area contributed by atoms with E-state index < -0.39 is 0 Å². The Kier molecular flexibility index (Phi) is 3.53. The highest BCUT2D eigenvalue weighted by molar-refractivity contribution is 5.83. The first-order valence-electron chi connectivity index (χ1n) is 6.03. The number of aromatic nitrogens is 1. The predicted molar refractivity (Wildman–Crippen MR) is 72.2 cm³/mol. The van der Waals surface area contributed by atoms with E-state index in [1.165, 1.54) is 6.07 Å². The zero-order valence-corrected chi connectivity index (χ0v) is 10.8. The van der Waals surface area contributed by atoms with Crippen LogP contribution in [-0.4, -0.2) is 17.2 Å². The molecular weight excluding hydrogens is 229 g/mol.